The molecule has 5 heteroatoms. The van der Waals surface area contributed by atoms with E-state index in [-0.39, 0.29) is 24.1 Å². The third-order valence-electron chi connectivity index (χ3n) is 3.76. The maximum absolute atomic E-state index is 13.8. The van der Waals surface area contributed by atoms with Gasteiger partial charge in [0.05, 0.1) is 11.3 Å². The first kappa shape index (κ1) is 14.3. The third-order valence-corrected chi connectivity index (χ3v) is 3.76. The van der Waals surface area contributed by atoms with E-state index in [4.69, 9.17) is 0 Å². The van der Waals surface area contributed by atoms with Crippen molar-refractivity contribution in [3.05, 3.63) is 65.0 Å². The Balaban J connectivity index is 1.91. The van der Waals surface area contributed by atoms with Crippen LogP contribution in [0.2, 0.25) is 0 Å². The summed E-state index contributed by atoms with van der Waals surface area (Å²) in [6, 6.07) is 10.7. The predicted octanol–water partition coefficient (Wildman–Crippen LogP) is 2.43. The molecule has 2 N–H and O–H groups in total. The summed E-state index contributed by atoms with van der Waals surface area (Å²) in [6.07, 6.45) is 0.108. The summed E-state index contributed by atoms with van der Waals surface area (Å²) in [5.41, 5.74) is 2.11. The van der Waals surface area contributed by atoms with Gasteiger partial charge >= 0.3 is 0 Å². The molecule has 0 aromatic heterocycles. The van der Waals surface area contributed by atoms with Crippen molar-refractivity contribution >= 4 is 17.5 Å². The van der Waals surface area contributed by atoms with Crippen molar-refractivity contribution in [2.75, 3.05) is 5.32 Å². The Kier molecular flexibility index (Phi) is 3.63. The highest BCUT2D eigenvalue weighted by atomic mass is 19.1. The Labute approximate surface area is 127 Å². The molecule has 1 aliphatic heterocycles. The number of fused-ring (bicyclic) bond motifs is 1. The standard InChI is InChI=1S/C17H15FN2O2/c1-10-5-4-8-13-15(10)17(22)20-14(16(21)19-13)9-11-6-2-3-7-12(11)18/h2-8,14H,9H2,1H3,(H,19,21)(H,20,22)/t14-/m0/s1. The lowest BCUT2D eigenvalue weighted by Crippen LogP contribution is -2.42. The number of carbonyl (C=O) groups is 2. The molecule has 1 heterocycles. The fraction of sp³-hybridized carbons (Fsp3) is 0.176. The summed E-state index contributed by atoms with van der Waals surface area (Å²) in [4.78, 5) is 24.7. The van der Waals surface area contributed by atoms with Gasteiger partial charge in [0.1, 0.15) is 11.9 Å². The Morgan fingerprint density at radius 2 is 1.86 bits per heavy atom. The first-order chi connectivity index (χ1) is 10.6. The molecule has 1 atom stereocenters. The van der Waals surface area contributed by atoms with Crippen molar-refractivity contribution in [3.63, 3.8) is 0 Å². The number of amides is 2. The molecule has 2 aromatic carbocycles. The highest BCUT2D eigenvalue weighted by Crippen LogP contribution is 2.23. The third kappa shape index (κ3) is 2.57. The smallest absolute Gasteiger partial charge is 0.254 e. The average Bonchev–Trinajstić information content (AvgIpc) is 2.59. The van der Waals surface area contributed by atoms with Gasteiger partial charge in [-0.2, -0.15) is 0 Å². The number of anilines is 1. The minimum Gasteiger partial charge on any atom is -0.340 e. The molecule has 2 amide bonds. The van der Waals surface area contributed by atoms with Crippen molar-refractivity contribution in [3.8, 4) is 0 Å². The monoisotopic (exact) mass is 298 g/mol. The lowest BCUT2D eigenvalue weighted by atomic mass is 10.0. The first-order valence-electron chi connectivity index (χ1n) is 7.01. The minimum absolute atomic E-state index is 0.108. The Morgan fingerprint density at radius 3 is 2.64 bits per heavy atom. The Hall–Kier alpha value is -2.69. The second-order valence-corrected chi connectivity index (χ2v) is 5.31. The van der Waals surface area contributed by atoms with Crippen LogP contribution >= 0.6 is 0 Å². The van der Waals surface area contributed by atoms with E-state index in [1.165, 1.54) is 6.07 Å². The zero-order chi connectivity index (χ0) is 15.7. The Morgan fingerprint density at radius 1 is 1.09 bits per heavy atom. The van der Waals surface area contributed by atoms with Crippen LogP contribution in [0.1, 0.15) is 21.5 Å². The lowest BCUT2D eigenvalue weighted by Gasteiger charge is -2.15. The van der Waals surface area contributed by atoms with Crippen LogP contribution in [-0.4, -0.2) is 17.9 Å². The van der Waals surface area contributed by atoms with Gasteiger partial charge in [0, 0.05) is 6.42 Å². The lowest BCUT2D eigenvalue weighted by molar-refractivity contribution is -0.117. The van der Waals surface area contributed by atoms with Crippen molar-refractivity contribution < 1.29 is 14.0 Å². The van der Waals surface area contributed by atoms with Gasteiger partial charge in [-0.25, -0.2) is 4.39 Å². The van der Waals surface area contributed by atoms with Crippen LogP contribution in [0.4, 0.5) is 10.1 Å². The van der Waals surface area contributed by atoms with Crippen molar-refractivity contribution in [2.24, 2.45) is 0 Å². The van der Waals surface area contributed by atoms with Crippen LogP contribution in [0.5, 0.6) is 0 Å². The summed E-state index contributed by atoms with van der Waals surface area (Å²) < 4.78 is 13.8. The summed E-state index contributed by atoms with van der Waals surface area (Å²) >= 11 is 0. The van der Waals surface area contributed by atoms with E-state index in [0.29, 0.717) is 16.8 Å². The molecule has 0 aliphatic carbocycles. The van der Waals surface area contributed by atoms with Crippen LogP contribution in [0.15, 0.2) is 42.5 Å². The molecule has 4 nitrogen and oxygen atoms in total. The van der Waals surface area contributed by atoms with Crippen LogP contribution < -0.4 is 10.6 Å². The van der Waals surface area contributed by atoms with Gasteiger partial charge in [-0.15, -0.1) is 0 Å². The quantitative estimate of drug-likeness (QED) is 0.894. The summed E-state index contributed by atoms with van der Waals surface area (Å²) in [5.74, 6) is -1.06. The minimum atomic E-state index is -0.809. The molecule has 0 saturated heterocycles. The van der Waals surface area contributed by atoms with Gasteiger partial charge in [0.15, 0.2) is 0 Å². The second kappa shape index (κ2) is 5.60. The predicted molar refractivity (Wildman–Crippen MR) is 81.2 cm³/mol. The van der Waals surface area contributed by atoms with Crippen molar-refractivity contribution in [1.29, 1.82) is 0 Å². The van der Waals surface area contributed by atoms with Crippen LogP contribution in [-0.2, 0) is 11.2 Å². The van der Waals surface area contributed by atoms with Crippen molar-refractivity contribution in [1.82, 2.24) is 5.32 Å². The zero-order valence-corrected chi connectivity index (χ0v) is 12.0. The fourth-order valence-corrected chi connectivity index (χ4v) is 2.62. The van der Waals surface area contributed by atoms with Gasteiger partial charge in [-0.1, -0.05) is 30.3 Å². The Bertz CT molecular complexity index is 758. The fourth-order valence-electron chi connectivity index (χ4n) is 2.62. The van der Waals surface area contributed by atoms with E-state index < -0.39 is 6.04 Å². The maximum atomic E-state index is 13.8. The van der Waals surface area contributed by atoms with Crippen molar-refractivity contribution in [2.45, 2.75) is 19.4 Å². The number of benzene rings is 2. The molecule has 22 heavy (non-hydrogen) atoms. The van der Waals surface area contributed by atoms with E-state index in [9.17, 15) is 14.0 Å². The van der Waals surface area contributed by atoms with E-state index >= 15 is 0 Å². The van der Waals surface area contributed by atoms with E-state index in [0.717, 1.165) is 5.56 Å². The van der Waals surface area contributed by atoms with Crippen LogP contribution in [0.3, 0.4) is 0 Å². The molecule has 0 saturated carbocycles. The van der Waals surface area contributed by atoms with Gasteiger partial charge < -0.3 is 10.6 Å². The van der Waals surface area contributed by atoms with E-state index in [2.05, 4.69) is 10.6 Å². The van der Waals surface area contributed by atoms with Gasteiger partial charge in [-0.3, -0.25) is 9.59 Å². The second-order valence-electron chi connectivity index (χ2n) is 5.31. The van der Waals surface area contributed by atoms with Crippen LogP contribution in [0, 0.1) is 12.7 Å². The molecule has 112 valence electrons. The number of rotatable bonds is 2. The highest BCUT2D eigenvalue weighted by Gasteiger charge is 2.29. The molecule has 0 bridgehead atoms. The number of nitrogens with one attached hydrogen (secondary N) is 2. The highest BCUT2D eigenvalue weighted by molar-refractivity contribution is 6.10. The molecule has 0 unspecified atom stereocenters. The van der Waals surface area contributed by atoms with Crippen LogP contribution in [0.25, 0.3) is 0 Å². The normalized spacial score (nSPS) is 17.3. The van der Waals surface area contributed by atoms with E-state index in [1.54, 1.807) is 30.3 Å². The topological polar surface area (TPSA) is 58.2 Å². The average molecular weight is 298 g/mol. The molecule has 0 fully saturated rings. The summed E-state index contributed by atoms with van der Waals surface area (Å²) in [7, 11) is 0. The maximum Gasteiger partial charge on any atom is 0.254 e. The van der Waals surface area contributed by atoms with Gasteiger partial charge in [-0.05, 0) is 30.2 Å². The number of hydrogen-bond donors (Lipinski definition) is 2. The zero-order valence-electron chi connectivity index (χ0n) is 12.0. The first-order valence-corrected chi connectivity index (χ1v) is 7.01. The number of hydrogen-bond acceptors (Lipinski definition) is 2. The molecular weight excluding hydrogens is 283 g/mol. The molecule has 1 aliphatic rings. The summed E-state index contributed by atoms with van der Waals surface area (Å²) in [6.45, 7) is 1.81. The molecule has 3 rings (SSSR count). The van der Waals surface area contributed by atoms with Gasteiger partial charge in [0.2, 0.25) is 5.91 Å². The largest absolute Gasteiger partial charge is 0.340 e. The van der Waals surface area contributed by atoms with E-state index in [1.807, 2.05) is 13.0 Å². The summed E-state index contributed by atoms with van der Waals surface area (Å²) in [5, 5.41) is 5.42. The number of halogens is 1. The molecule has 2 aromatic rings. The molecule has 0 radical (unpaired) electrons. The number of carbonyl (C=O) groups excluding carboxylic acids is 2. The number of aryl methyl sites for hydroxylation is 1. The molecule has 0 spiro atoms. The van der Waals surface area contributed by atoms with Gasteiger partial charge in [0.25, 0.3) is 5.91 Å². The molecular formula is C17H15FN2O2. The SMILES string of the molecule is Cc1cccc2c1C(=O)N[C@@H](Cc1ccccc1F)C(=O)N2.